The van der Waals surface area contributed by atoms with Crippen molar-refractivity contribution in [3.05, 3.63) is 0 Å². The second-order valence-electron chi connectivity index (χ2n) is 4.47. The van der Waals surface area contributed by atoms with E-state index in [4.69, 9.17) is 0 Å². The van der Waals surface area contributed by atoms with Gasteiger partial charge in [-0.2, -0.15) is 0 Å². The normalized spacial score (nSPS) is 14.1. The zero-order valence-corrected chi connectivity index (χ0v) is 10.1. The highest BCUT2D eigenvalue weighted by atomic mass is 14.9. The van der Waals surface area contributed by atoms with Gasteiger partial charge < -0.3 is 5.32 Å². The van der Waals surface area contributed by atoms with E-state index in [0.29, 0.717) is 6.04 Å². The van der Waals surface area contributed by atoms with E-state index < -0.39 is 0 Å². The van der Waals surface area contributed by atoms with Crippen molar-refractivity contribution in [1.82, 2.24) is 5.32 Å². The maximum Gasteiger partial charge on any atom is 0.00694 e. The molecule has 0 aromatic rings. The molecule has 1 unspecified atom stereocenters. The van der Waals surface area contributed by atoms with Crippen molar-refractivity contribution in [3.63, 3.8) is 0 Å². The summed E-state index contributed by atoms with van der Waals surface area (Å²) in [6, 6.07) is 1.40. The van der Waals surface area contributed by atoms with Gasteiger partial charge in [-0.1, -0.05) is 40.5 Å². The molecule has 0 heterocycles. The van der Waals surface area contributed by atoms with Gasteiger partial charge in [0.2, 0.25) is 0 Å². The molecule has 0 aliphatic carbocycles. The van der Waals surface area contributed by atoms with Crippen molar-refractivity contribution in [2.45, 2.75) is 72.4 Å². The highest BCUT2D eigenvalue weighted by Gasteiger charge is 2.12. The van der Waals surface area contributed by atoms with Crippen LogP contribution >= 0.6 is 0 Å². The Kier molecular flexibility index (Phi) is 7.35. The molecule has 0 aliphatic heterocycles. The van der Waals surface area contributed by atoms with Gasteiger partial charge in [0.25, 0.3) is 0 Å². The third-order valence-electron chi connectivity index (χ3n) is 2.77. The van der Waals surface area contributed by atoms with Crippen LogP contribution in [-0.2, 0) is 0 Å². The van der Waals surface area contributed by atoms with Gasteiger partial charge in [-0.15, -0.1) is 0 Å². The van der Waals surface area contributed by atoms with Crippen LogP contribution in [0.2, 0.25) is 0 Å². The Morgan fingerprint density at radius 1 is 0.923 bits per heavy atom. The number of nitrogens with one attached hydrogen (secondary N) is 1. The van der Waals surface area contributed by atoms with E-state index >= 15 is 0 Å². The van der Waals surface area contributed by atoms with Crippen LogP contribution < -0.4 is 5.32 Å². The highest BCUT2D eigenvalue weighted by molar-refractivity contribution is 4.72. The number of hydrogen-bond donors (Lipinski definition) is 1. The standard InChI is InChI=1S/C12H27N/c1-6-8-12(9-7-2)13-11(5)10(3)4/h10-13H,6-9H2,1-5H3. The maximum atomic E-state index is 3.72. The van der Waals surface area contributed by atoms with Crippen LogP contribution in [0.4, 0.5) is 0 Å². The summed E-state index contributed by atoms with van der Waals surface area (Å²) in [6.07, 6.45) is 5.24. The quantitative estimate of drug-likeness (QED) is 0.639. The first kappa shape index (κ1) is 13.0. The average molecular weight is 185 g/mol. The fourth-order valence-electron chi connectivity index (χ4n) is 1.57. The molecule has 0 saturated carbocycles. The van der Waals surface area contributed by atoms with Gasteiger partial charge in [0.15, 0.2) is 0 Å². The summed E-state index contributed by atoms with van der Waals surface area (Å²) in [4.78, 5) is 0. The lowest BCUT2D eigenvalue weighted by atomic mass is 10.0. The van der Waals surface area contributed by atoms with Crippen molar-refractivity contribution in [3.8, 4) is 0 Å². The molecule has 0 rings (SSSR count). The van der Waals surface area contributed by atoms with Crippen LogP contribution in [0.15, 0.2) is 0 Å². The molecule has 0 aromatic heterocycles. The summed E-state index contributed by atoms with van der Waals surface area (Å²) in [5, 5.41) is 3.72. The van der Waals surface area contributed by atoms with Gasteiger partial charge in [0.05, 0.1) is 0 Å². The lowest BCUT2D eigenvalue weighted by molar-refractivity contribution is 0.343. The first-order chi connectivity index (χ1) is 6.11. The SMILES string of the molecule is CCCC(CCC)NC(C)C(C)C. The Morgan fingerprint density at radius 3 is 1.69 bits per heavy atom. The molecular weight excluding hydrogens is 158 g/mol. The van der Waals surface area contributed by atoms with Gasteiger partial charge in [0.1, 0.15) is 0 Å². The topological polar surface area (TPSA) is 12.0 Å². The molecule has 0 saturated heterocycles. The van der Waals surface area contributed by atoms with Gasteiger partial charge in [-0.3, -0.25) is 0 Å². The number of rotatable bonds is 7. The van der Waals surface area contributed by atoms with E-state index in [1.54, 1.807) is 0 Å². The van der Waals surface area contributed by atoms with E-state index in [0.717, 1.165) is 12.0 Å². The second kappa shape index (κ2) is 7.37. The van der Waals surface area contributed by atoms with Crippen molar-refractivity contribution in [2.24, 2.45) is 5.92 Å². The Balaban J connectivity index is 3.78. The van der Waals surface area contributed by atoms with E-state index in [9.17, 15) is 0 Å². The lowest BCUT2D eigenvalue weighted by Gasteiger charge is -2.25. The first-order valence-electron chi connectivity index (χ1n) is 5.87. The molecule has 0 radical (unpaired) electrons. The smallest absolute Gasteiger partial charge is 0.00694 e. The van der Waals surface area contributed by atoms with Gasteiger partial charge in [-0.05, 0) is 25.7 Å². The van der Waals surface area contributed by atoms with Crippen molar-refractivity contribution < 1.29 is 0 Å². The minimum Gasteiger partial charge on any atom is -0.311 e. The summed E-state index contributed by atoms with van der Waals surface area (Å²) in [6.45, 7) is 11.4. The van der Waals surface area contributed by atoms with Gasteiger partial charge in [-0.25, -0.2) is 0 Å². The Bertz CT molecular complexity index is 104. The van der Waals surface area contributed by atoms with Crippen LogP contribution in [0.25, 0.3) is 0 Å². The first-order valence-corrected chi connectivity index (χ1v) is 5.87. The maximum absolute atomic E-state index is 3.72. The van der Waals surface area contributed by atoms with Gasteiger partial charge >= 0.3 is 0 Å². The fraction of sp³-hybridized carbons (Fsp3) is 1.00. The van der Waals surface area contributed by atoms with Gasteiger partial charge in [0, 0.05) is 12.1 Å². The summed E-state index contributed by atoms with van der Waals surface area (Å²) in [5.41, 5.74) is 0. The summed E-state index contributed by atoms with van der Waals surface area (Å²) in [7, 11) is 0. The Morgan fingerprint density at radius 2 is 1.38 bits per heavy atom. The average Bonchev–Trinajstić information content (AvgIpc) is 2.05. The summed E-state index contributed by atoms with van der Waals surface area (Å²) < 4.78 is 0. The minimum atomic E-state index is 0.656. The zero-order valence-electron chi connectivity index (χ0n) is 10.1. The van der Waals surface area contributed by atoms with Crippen LogP contribution in [-0.4, -0.2) is 12.1 Å². The summed E-state index contributed by atoms with van der Waals surface area (Å²) >= 11 is 0. The molecule has 0 amide bonds. The predicted octanol–water partition coefficient (Wildman–Crippen LogP) is 3.59. The van der Waals surface area contributed by atoms with Crippen LogP contribution in [0.1, 0.15) is 60.3 Å². The lowest BCUT2D eigenvalue weighted by Crippen LogP contribution is -2.39. The van der Waals surface area contributed by atoms with E-state index in [1.165, 1.54) is 25.7 Å². The van der Waals surface area contributed by atoms with Crippen LogP contribution in [0.5, 0.6) is 0 Å². The van der Waals surface area contributed by atoms with E-state index in [1.807, 2.05) is 0 Å². The highest BCUT2D eigenvalue weighted by Crippen LogP contribution is 2.08. The molecule has 0 bridgehead atoms. The third kappa shape index (κ3) is 6.09. The fourth-order valence-corrected chi connectivity index (χ4v) is 1.57. The molecule has 0 spiro atoms. The Hall–Kier alpha value is -0.0400. The second-order valence-corrected chi connectivity index (χ2v) is 4.47. The van der Waals surface area contributed by atoms with E-state index in [2.05, 4.69) is 39.9 Å². The molecule has 1 heteroatoms. The minimum absolute atomic E-state index is 0.656. The van der Waals surface area contributed by atoms with Crippen LogP contribution in [0, 0.1) is 5.92 Å². The van der Waals surface area contributed by atoms with Crippen molar-refractivity contribution in [2.75, 3.05) is 0 Å². The largest absolute Gasteiger partial charge is 0.311 e. The third-order valence-corrected chi connectivity index (χ3v) is 2.77. The van der Waals surface area contributed by atoms with Crippen molar-refractivity contribution in [1.29, 1.82) is 0 Å². The molecule has 1 atom stereocenters. The molecule has 13 heavy (non-hydrogen) atoms. The molecule has 0 aliphatic rings. The zero-order chi connectivity index (χ0) is 10.3. The number of hydrogen-bond acceptors (Lipinski definition) is 1. The molecule has 0 fully saturated rings. The predicted molar refractivity (Wildman–Crippen MR) is 61.0 cm³/mol. The van der Waals surface area contributed by atoms with E-state index in [-0.39, 0.29) is 0 Å². The monoisotopic (exact) mass is 185 g/mol. The molecule has 80 valence electrons. The summed E-state index contributed by atoms with van der Waals surface area (Å²) in [5.74, 6) is 0.746. The van der Waals surface area contributed by atoms with Crippen molar-refractivity contribution >= 4 is 0 Å². The Labute approximate surface area is 84.3 Å². The molecule has 0 aromatic carbocycles. The van der Waals surface area contributed by atoms with Crippen LogP contribution in [0.3, 0.4) is 0 Å². The molecule has 1 nitrogen and oxygen atoms in total. The molecule has 1 N–H and O–H groups in total. The molecular formula is C12H27N.